The molecular weight excluding hydrogens is 294 g/mol. The van der Waals surface area contributed by atoms with Crippen molar-refractivity contribution in [1.82, 2.24) is 15.5 Å². The van der Waals surface area contributed by atoms with Crippen LogP contribution in [0.2, 0.25) is 0 Å². The van der Waals surface area contributed by atoms with Gasteiger partial charge < -0.3 is 9.73 Å². The van der Waals surface area contributed by atoms with Crippen molar-refractivity contribution in [1.29, 1.82) is 0 Å². The number of aromatic amines is 1. The molecule has 23 heavy (non-hydrogen) atoms. The molecule has 1 atom stereocenters. The number of H-pyrrole nitrogens is 1. The van der Waals surface area contributed by atoms with Crippen molar-refractivity contribution in [3.63, 3.8) is 0 Å². The highest BCUT2D eigenvalue weighted by Gasteiger charge is 2.15. The van der Waals surface area contributed by atoms with Crippen molar-refractivity contribution in [2.24, 2.45) is 0 Å². The Morgan fingerprint density at radius 2 is 2.13 bits per heavy atom. The van der Waals surface area contributed by atoms with Gasteiger partial charge in [-0.2, -0.15) is 5.10 Å². The number of aryl methyl sites for hydroxylation is 1. The molecule has 1 unspecified atom stereocenters. The lowest BCUT2D eigenvalue weighted by Gasteiger charge is -2.12. The molecule has 3 aromatic rings. The number of para-hydroxylation sites is 1. The van der Waals surface area contributed by atoms with Gasteiger partial charge in [-0.15, -0.1) is 0 Å². The number of benzene rings is 1. The number of rotatable bonds is 4. The van der Waals surface area contributed by atoms with Gasteiger partial charge in [-0.25, -0.2) is 0 Å². The summed E-state index contributed by atoms with van der Waals surface area (Å²) in [6.07, 6.45) is 0.591. The molecule has 2 heterocycles. The topological polar surface area (TPSA) is 88.0 Å². The number of carbonyl (C=O) groups excluding carboxylic acids is 1. The molecule has 0 saturated carbocycles. The molecule has 0 spiro atoms. The van der Waals surface area contributed by atoms with Crippen LogP contribution in [0.15, 0.2) is 45.6 Å². The van der Waals surface area contributed by atoms with E-state index in [1.807, 2.05) is 19.9 Å². The highest BCUT2D eigenvalue weighted by Crippen LogP contribution is 2.12. The fourth-order valence-corrected chi connectivity index (χ4v) is 2.45. The second-order valence-corrected chi connectivity index (χ2v) is 5.59. The molecule has 6 heteroatoms. The molecule has 0 fully saturated rings. The summed E-state index contributed by atoms with van der Waals surface area (Å²) in [5, 5.41) is 10.3. The van der Waals surface area contributed by atoms with Crippen LogP contribution in [0, 0.1) is 6.92 Å². The molecule has 1 amide bonds. The van der Waals surface area contributed by atoms with E-state index in [-0.39, 0.29) is 17.2 Å². The molecular formula is C17H17N3O3. The summed E-state index contributed by atoms with van der Waals surface area (Å²) in [5.41, 5.74) is 2.02. The molecule has 2 N–H and O–H groups in total. The van der Waals surface area contributed by atoms with Gasteiger partial charge in [0, 0.05) is 24.2 Å². The molecule has 0 saturated heterocycles. The predicted octanol–water partition coefficient (Wildman–Crippen LogP) is 2.19. The SMILES string of the molecule is Cc1cc(CC(C)NC(=O)c2cc(=O)c3ccccc3o2)n[nH]1. The second-order valence-electron chi connectivity index (χ2n) is 5.59. The minimum Gasteiger partial charge on any atom is -0.451 e. The fraction of sp³-hybridized carbons (Fsp3) is 0.235. The van der Waals surface area contributed by atoms with E-state index in [0.29, 0.717) is 17.4 Å². The summed E-state index contributed by atoms with van der Waals surface area (Å²) < 4.78 is 5.53. The minimum atomic E-state index is -0.410. The third kappa shape index (κ3) is 3.31. The normalized spacial score (nSPS) is 12.3. The van der Waals surface area contributed by atoms with Crippen molar-refractivity contribution in [2.45, 2.75) is 26.3 Å². The van der Waals surface area contributed by atoms with Gasteiger partial charge in [-0.1, -0.05) is 12.1 Å². The van der Waals surface area contributed by atoms with Crippen molar-refractivity contribution in [3.05, 3.63) is 63.8 Å². The van der Waals surface area contributed by atoms with Gasteiger partial charge in [0.1, 0.15) is 5.58 Å². The molecule has 0 aliphatic heterocycles. The minimum absolute atomic E-state index is 0.0127. The molecule has 0 aliphatic rings. The summed E-state index contributed by atoms with van der Waals surface area (Å²) in [6, 6.07) is 9.88. The molecule has 3 rings (SSSR count). The largest absolute Gasteiger partial charge is 0.451 e. The van der Waals surface area contributed by atoms with Crippen molar-refractivity contribution in [2.75, 3.05) is 0 Å². The van der Waals surface area contributed by atoms with Crippen LogP contribution in [-0.4, -0.2) is 22.1 Å². The first-order chi connectivity index (χ1) is 11.0. The maximum absolute atomic E-state index is 12.3. The van der Waals surface area contributed by atoms with E-state index in [2.05, 4.69) is 15.5 Å². The second kappa shape index (κ2) is 6.08. The summed E-state index contributed by atoms with van der Waals surface area (Å²) >= 11 is 0. The Balaban J connectivity index is 1.76. The van der Waals surface area contributed by atoms with Gasteiger partial charge in [-0.3, -0.25) is 14.7 Å². The predicted molar refractivity (Wildman–Crippen MR) is 86.4 cm³/mol. The van der Waals surface area contributed by atoms with Crippen molar-refractivity contribution < 1.29 is 9.21 Å². The molecule has 118 valence electrons. The molecule has 0 bridgehead atoms. The fourth-order valence-electron chi connectivity index (χ4n) is 2.45. The number of aromatic nitrogens is 2. The number of hydrogen-bond acceptors (Lipinski definition) is 4. The molecule has 6 nitrogen and oxygen atoms in total. The zero-order chi connectivity index (χ0) is 16.4. The third-order valence-electron chi connectivity index (χ3n) is 3.51. The van der Waals surface area contributed by atoms with Crippen LogP contribution in [-0.2, 0) is 6.42 Å². The zero-order valence-electron chi connectivity index (χ0n) is 12.9. The number of amides is 1. The van der Waals surface area contributed by atoms with E-state index in [9.17, 15) is 9.59 Å². The monoisotopic (exact) mass is 311 g/mol. The molecule has 1 aromatic carbocycles. The summed E-state index contributed by atoms with van der Waals surface area (Å²) in [5.74, 6) is -0.397. The standard InChI is InChI=1S/C17H17N3O3/c1-10(7-12-8-11(2)19-20-12)18-17(22)16-9-14(21)13-5-3-4-6-15(13)23-16/h3-6,8-10H,7H2,1-2H3,(H,18,22)(H,19,20). The first-order valence-corrected chi connectivity index (χ1v) is 7.37. The van der Waals surface area contributed by atoms with E-state index < -0.39 is 5.91 Å². The Kier molecular flexibility index (Phi) is 3.97. The smallest absolute Gasteiger partial charge is 0.287 e. The summed E-state index contributed by atoms with van der Waals surface area (Å²) in [4.78, 5) is 24.3. The first-order valence-electron chi connectivity index (χ1n) is 7.37. The van der Waals surface area contributed by atoms with Gasteiger partial charge in [0.2, 0.25) is 0 Å². The summed E-state index contributed by atoms with van der Waals surface area (Å²) in [6.45, 7) is 3.80. The maximum atomic E-state index is 12.3. The van der Waals surface area contributed by atoms with E-state index in [1.165, 1.54) is 6.07 Å². The van der Waals surface area contributed by atoms with Crippen LogP contribution in [0.3, 0.4) is 0 Å². The first kappa shape index (κ1) is 15.0. The van der Waals surface area contributed by atoms with Crippen LogP contribution in [0.1, 0.15) is 28.9 Å². The zero-order valence-corrected chi connectivity index (χ0v) is 12.9. The quantitative estimate of drug-likeness (QED) is 0.773. The van der Waals surface area contributed by atoms with Gasteiger partial charge in [0.15, 0.2) is 11.2 Å². The van der Waals surface area contributed by atoms with E-state index in [0.717, 1.165) is 11.4 Å². The maximum Gasteiger partial charge on any atom is 0.287 e. The van der Waals surface area contributed by atoms with Gasteiger partial charge in [-0.05, 0) is 32.0 Å². The number of hydrogen-bond donors (Lipinski definition) is 2. The lowest BCUT2D eigenvalue weighted by atomic mass is 10.1. The van der Waals surface area contributed by atoms with Gasteiger partial charge >= 0.3 is 0 Å². The van der Waals surface area contributed by atoms with Crippen LogP contribution >= 0.6 is 0 Å². The van der Waals surface area contributed by atoms with Gasteiger partial charge in [0.05, 0.1) is 11.1 Å². The average Bonchev–Trinajstić information content (AvgIpc) is 2.92. The number of fused-ring (bicyclic) bond motifs is 1. The van der Waals surface area contributed by atoms with E-state index in [1.54, 1.807) is 24.3 Å². The Bertz CT molecular complexity index is 911. The Labute approximate surface area is 132 Å². The number of carbonyl (C=O) groups is 1. The number of nitrogens with zero attached hydrogens (tertiary/aromatic N) is 1. The van der Waals surface area contributed by atoms with Crippen LogP contribution in [0.4, 0.5) is 0 Å². The Morgan fingerprint density at radius 1 is 1.35 bits per heavy atom. The van der Waals surface area contributed by atoms with Crippen LogP contribution in [0.25, 0.3) is 11.0 Å². The molecule has 2 aromatic heterocycles. The Hall–Kier alpha value is -2.89. The summed E-state index contributed by atoms with van der Waals surface area (Å²) in [7, 11) is 0. The highest BCUT2D eigenvalue weighted by atomic mass is 16.3. The Morgan fingerprint density at radius 3 is 2.87 bits per heavy atom. The van der Waals surface area contributed by atoms with Crippen LogP contribution < -0.4 is 10.7 Å². The highest BCUT2D eigenvalue weighted by molar-refractivity contribution is 5.93. The van der Waals surface area contributed by atoms with Gasteiger partial charge in [0.25, 0.3) is 5.91 Å². The third-order valence-corrected chi connectivity index (χ3v) is 3.51. The van der Waals surface area contributed by atoms with E-state index in [4.69, 9.17) is 4.42 Å². The van der Waals surface area contributed by atoms with Crippen LogP contribution in [0.5, 0.6) is 0 Å². The number of nitrogens with one attached hydrogen (secondary N) is 2. The lowest BCUT2D eigenvalue weighted by molar-refractivity contribution is 0.0912. The molecule has 0 aliphatic carbocycles. The van der Waals surface area contributed by atoms with Crippen molar-refractivity contribution in [3.8, 4) is 0 Å². The molecule has 0 radical (unpaired) electrons. The van der Waals surface area contributed by atoms with E-state index >= 15 is 0 Å². The average molecular weight is 311 g/mol. The lowest BCUT2D eigenvalue weighted by Crippen LogP contribution is -2.34. The van der Waals surface area contributed by atoms with Crippen molar-refractivity contribution >= 4 is 16.9 Å².